The van der Waals surface area contributed by atoms with E-state index < -0.39 is 17.6 Å². The van der Waals surface area contributed by atoms with Crippen molar-refractivity contribution in [3.8, 4) is 0 Å². The van der Waals surface area contributed by atoms with E-state index in [1.165, 1.54) is 24.8 Å². The van der Waals surface area contributed by atoms with E-state index in [1.807, 2.05) is 0 Å². The van der Waals surface area contributed by atoms with Crippen molar-refractivity contribution in [2.45, 2.75) is 47.0 Å². The molecule has 0 bridgehead atoms. The van der Waals surface area contributed by atoms with Crippen molar-refractivity contribution in [3.05, 3.63) is 64.0 Å². The molecule has 0 heterocycles. The highest BCUT2D eigenvalue weighted by molar-refractivity contribution is 5.89. The molecule has 0 amide bonds. The Labute approximate surface area is 154 Å². The van der Waals surface area contributed by atoms with Crippen molar-refractivity contribution in [3.63, 3.8) is 0 Å². The van der Waals surface area contributed by atoms with Gasteiger partial charge in [0.25, 0.3) is 0 Å². The van der Waals surface area contributed by atoms with Crippen molar-refractivity contribution in [1.29, 1.82) is 0 Å². The smallest absolute Gasteiger partial charge is 0.337 e. The van der Waals surface area contributed by atoms with Gasteiger partial charge in [0.05, 0.1) is 12.7 Å². The Hall–Kier alpha value is -2.23. The van der Waals surface area contributed by atoms with E-state index in [2.05, 4.69) is 32.1 Å². The highest BCUT2D eigenvalue weighted by atomic mass is 19.1. The highest BCUT2D eigenvalue weighted by Crippen LogP contribution is 2.46. The summed E-state index contributed by atoms with van der Waals surface area (Å²) in [7, 11) is 1.21. The number of carbonyl (C=O) groups excluding carboxylic acids is 1. The largest absolute Gasteiger partial charge is 0.465 e. The lowest BCUT2D eigenvalue weighted by Crippen LogP contribution is -2.22. The molecule has 0 N–H and O–H groups in total. The van der Waals surface area contributed by atoms with Crippen LogP contribution in [-0.2, 0) is 4.74 Å². The fourth-order valence-electron chi connectivity index (χ4n) is 3.75. The van der Waals surface area contributed by atoms with Gasteiger partial charge in [-0.25, -0.2) is 13.6 Å². The monoisotopic (exact) mass is 360 g/mol. The molecule has 0 atom stereocenters. The van der Waals surface area contributed by atoms with Crippen LogP contribution in [-0.4, -0.2) is 13.1 Å². The van der Waals surface area contributed by atoms with Gasteiger partial charge < -0.3 is 4.74 Å². The predicted octanol–water partition coefficient (Wildman–Crippen LogP) is 6.40. The number of benzene rings is 1. The number of esters is 1. The maximum Gasteiger partial charge on any atom is 0.337 e. The second-order valence-corrected chi connectivity index (χ2v) is 7.50. The molecule has 0 fully saturated rings. The normalized spacial score (nSPS) is 17.7. The third-order valence-corrected chi connectivity index (χ3v) is 5.17. The van der Waals surface area contributed by atoms with Crippen LogP contribution in [0.4, 0.5) is 8.78 Å². The summed E-state index contributed by atoms with van der Waals surface area (Å²) in [6, 6.07) is 3.61. The summed E-state index contributed by atoms with van der Waals surface area (Å²) in [4.78, 5) is 11.5. The molecule has 26 heavy (non-hydrogen) atoms. The molecule has 140 valence electrons. The minimum Gasteiger partial charge on any atom is -0.465 e. The fraction of sp³-hybridized carbons (Fsp3) is 0.409. The van der Waals surface area contributed by atoms with Crippen LogP contribution in [0.15, 0.2) is 47.1 Å². The Morgan fingerprint density at radius 3 is 2.50 bits per heavy atom. The maximum atomic E-state index is 15.0. The molecule has 0 spiro atoms. The number of carbonyl (C=O) groups is 1. The third-order valence-electron chi connectivity index (χ3n) is 5.17. The Kier molecular flexibility index (Phi) is 5.84. The number of halogens is 2. The average molecular weight is 360 g/mol. The van der Waals surface area contributed by atoms with Gasteiger partial charge in [-0.1, -0.05) is 26.0 Å². The minimum atomic E-state index is -0.800. The average Bonchev–Trinajstić information content (AvgIpc) is 2.58. The summed E-state index contributed by atoms with van der Waals surface area (Å²) in [6.07, 6.45) is 3.08. The van der Waals surface area contributed by atoms with Gasteiger partial charge in [0.2, 0.25) is 0 Å². The minimum absolute atomic E-state index is 0.0463. The molecule has 1 aliphatic rings. The molecular formula is C22H26F2O2. The first-order valence-electron chi connectivity index (χ1n) is 8.74. The molecular weight excluding hydrogens is 334 g/mol. The zero-order valence-corrected chi connectivity index (χ0v) is 16.1. The lowest BCUT2D eigenvalue weighted by atomic mass is 9.69. The van der Waals surface area contributed by atoms with Crippen molar-refractivity contribution < 1.29 is 18.3 Å². The number of hydrogen-bond acceptors (Lipinski definition) is 2. The second kappa shape index (κ2) is 7.56. The number of allylic oxidation sites excluding steroid dienone is 4. The van der Waals surface area contributed by atoms with E-state index in [4.69, 9.17) is 0 Å². The van der Waals surface area contributed by atoms with Crippen molar-refractivity contribution in [2.24, 2.45) is 5.41 Å². The molecule has 0 unspecified atom stereocenters. The zero-order chi connectivity index (χ0) is 19.6. The van der Waals surface area contributed by atoms with Crippen LogP contribution in [0.5, 0.6) is 0 Å². The predicted molar refractivity (Wildman–Crippen MR) is 101 cm³/mol. The Morgan fingerprint density at radius 2 is 1.96 bits per heavy atom. The molecule has 1 aliphatic carbocycles. The van der Waals surface area contributed by atoms with Gasteiger partial charge in [-0.15, -0.1) is 0 Å². The SMILES string of the molecule is C=C(C(C)=C(F)c1ccc(C(=O)OC)cc1F)C1=C(C)CCCC1(C)C. The molecule has 0 aromatic heterocycles. The second-order valence-electron chi connectivity index (χ2n) is 7.50. The molecule has 1 aromatic rings. The van der Waals surface area contributed by atoms with E-state index in [0.29, 0.717) is 11.1 Å². The fourth-order valence-corrected chi connectivity index (χ4v) is 3.75. The van der Waals surface area contributed by atoms with Crippen LogP contribution < -0.4 is 0 Å². The van der Waals surface area contributed by atoms with Crippen molar-refractivity contribution in [2.75, 3.05) is 7.11 Å². The van der Waals surface area contributed by atoms with E-state index in [-0.39, 0.29) is 16.5 Å². The van der Waals surface area contributed by atoms with E-state index in [0.717, 1.165) is 30.9 Å². The van der Waals surface area contributed by atoms with Crippen LogP contribution in [0.2, 0.25) is 0 Å². The molecule has 1 aromatic carbocycles. The first kappa shape index (κ1) is 20.1. The quantitative estimate of drug-likeness (QED) is 0.459. The van der Waals surface area contributed by atoms with Crippen LogP contribution in [0.1, 0.15) is 62.9 Å². The number of rotatable bonds is 4. The van der Waals surface area contributed by atoms with E-state index >= 15 is 4.39 Å². The maximum absolute atomic E-state index is 15.0. The van der Waals surface area contributed by atoms with Crippen LogP contribution in [0.25, 0.3) is 5.83 Å². The molecule has 4 heteroatoms. The van der Waals surface area contributed by atoms with Crippen LogP contribution in [0, 0.1) is 11.2 Å². The molecule has 0 saturated carbocycles. The van der Waals surface area contributed by atoms with E-state index in [9.17, 15) is 9.18 Å². The topological polar surface area (TPSA) is 26.3 Å². The summed E-state index contributed by atoms with van der Waals surface area (Å²) in [6.45, 7) is 12.0. The Morgan fingerprint density at radius 1 is 1.31 bits per heavy atom. The molecule has 2 rings (SSSR count). The van der Waals surface area contributed by atoms with Gasteiger partial charge in [-0.2, -0.15) is 0 Å². The van der Waals surface area contributed by atoms with Gasteiger partial charge >= 0.3 is 5.97 Å². The zero-order valence-electron chi connectivity index (χ0n) is 16.1. The van der Waals surface area contributed by atoms with Crippen molar-refractivity contribution >= 4 is 11.8 Å². The third kappa shape index (κ3) is 3.79. The molecule has 0 radical (unpaired) electrons. The van der Waals surface area contributed by atoms with Gasteiger partial charge in [-0.3, -0.25) is 0 Å². The number of ether oxygens (including phenoxy) is 1. The molecule has 0 aliphatic heterocycles. The Bertz CT molecular complexity index is 813. The molecule has 2 nitrogen and oxygen atoms in total. The van der Waals surface area contributed by atoms with Gasteiger partial charge in [0.15, 0.2) is 0 Å². The van der Waals surface area contributed by atoms with Crippen LogP contribution >= 0.6 is 0 Å². The van der Waals surface area contributed by atoms with Gasteiger partial charge in [-0.05, 0) is 73.4 Å². The summed E-state index contributed by atoms with van der Waals surface area (Å²) >= 11 is 0. The first-order chi connectivity index (χ1) is 12.1. The first-order valence-corrected chi connectivity index (χ1v) is 8.74. The number of methoxy groups -OCH3 is 1. The Balaban J connectivity index is 2.46. The lowest BCUT2D eigenvalue weighted by molar-refractivity contribution is 0.0600. The highest BCUT2D eigenvalue weighted by Gasteiger charge is 2.31. The van der Waals surface area contributed by atoms with Crippen LogP contribution in [0.3, 0.4) is 0 Å². The van der Waals surface area contributed by atoms with Gasteiger partial charge in [0.1, 0.15) is 11.6 Å². The van der Waals surface area contributed by atoms with Crippen molar-refractivity contribution in [1.82, 2.24) is 0 Å². The summed E-state index contributed by atoms with van der Waals surface area (Å²) < 4.78 is 34.0. The standard InChI is InChI=1S/C22H26F2O2/c1-13-8-7-11-22(4,5)19(13)14(2)15(3)20(24)17-10-9-16(12-18(17)23)21(25)26-6/h9-10,12H,2,7-8,11H2,1,3-6H3. The molecule has 0 saturated heterocycles. The summed E-state index contributed by atoms with van der Waals surface area (Å²) in [5.41, 5.74) is 2.98. The van der Waals surface area contributed by atoms with Gasteiger partial charge in [0, 0.05) is 5.56 Å². The number of hydrogen-bond donors (Lipinski definition) is 0. The van der Waals surface area contributed by atoms with E-state index in [1.54, 1.807) is 6.92 Å². The lowest BCUT2D eigenvalue weighted by Gasteiger charge is -2.36. The summed E-state index contributed by atoms with van der Waals surface area (Å²) in [5, 5.41) is 0. The summed E-state index contributed by atoms with van der Waals surface area (Å²) in [5.74, 6) is -2.12.